The van der Waals surface area contributed by atoms with E-state index in [9.17, 15) is 8.42 Å². The smallest absolute Gasteiger partial charge is 0.174 e. The van der Waals surface area contributed by atoms with Crippen molar-refractivity contribution in [2.75, 3.05) is 16.8 Å². The second kappa shape index (κ2) is 5.10. The van der Waals surface area contributed by atoms with Gasteiger partial charge in [-0.25, -0.2) is 18.1 Å². The molecule has 0 radical (unpaired) electrons. The third kappa shape index (κ3) is 3.05. The second-order valence-corrected chi connectivity index (χ2v) is 7.57. The SMILES string of the molecule is Cc1cc(C)n(-c2cncc(NC3CCS(=O)(=O)C3)n2)n1. The van der Waals surface area contributed by atoms with Crippen molar-refractivity contribution in [3.05, 3.63) is 29.8 Å². The Morgan fingerprint density at radius 2 is 2.14 bits per heavy atom. The summed E-state index contributed by atoms with van der Waals surface area (Å²) in [7, 11) is -2.91. The van der Waals surface area contributed by atoms with Gasteiger partial charge < -0.3 is 5.32 Å². The third-order valence-electron chi connectivity index (χ3n) is 3.43. The fraction of sp³-hybridized carbons (Fsp3) is 0.462. The molecule has 21 heavy (non-hydrogen) atoms. The maximum atomic E-state index is 11.5. The Morgan fingerprint density at radius 1 is 1.33 bits per heavy atom. The Morgan fingerprint density at radius 3 is 2.76 bits per heavy atom. The van der Waals surface area contributed by atoms with E-state index in [1.54, 1.807) is 17.1 Å². The Labute approximate surface area is 123 Å². The van der Waals surface area contributed by atoms with Gasteiger partial charge in [0, 0.05) is 11.7 Å². The van der Waals surface area contributed by atoms with Gasteiger partial charge in [-0.1, -0.05) is 0 Å². The fourth-order valence-electron chi connectivity index (χ4n) is 2.51. The molecule has 0 spiro atoms. The first kappa shape index (κ1) is 14.0. The van der Waals surface area contributed by atoms with Gasteiger partial charge in [0.1, 0.15) is 5.82 Å². The molecule has 1 saturated heterocycles. The summed E-state index contributed by atoms with van der Waals surface area (Å²) in [6.07, 6.45) is 3.84. The van der Waals surface area contributed by atoms with E-state index < -0.39 is 9.84 Å². The van der Waals surface area contributed by atoms with Gasteiger partial charge in [0.15, 0.2) is 15.7 Å². The molecule has 1 unspecified atom stereocenters. The highest BCUT2D eigenvalue weighted by atomic mass is 32.2. The molecule has 3 heterocycles. The Hall–Kier alpha value is -1.96. The van der Waals surface area contributed by atoms with Crippen LogP contribution in [0.4, 0.5) is 5.82 Å². The summed E-state index contributed by atoms with van der Waals surface area (Å²) in [4.78, 5) is 8.61. The van der Waals surface area contributed by atoms with Crippen LogP contribution in [0.25, 0.3) is 5.82 Å². The van der Waals surface area contributed by atoms with Gasteiger partial charge in [-0.05, 0) is 26.3 Å². The molecule has 0 aliphatic carbocycles. The molecule has 1 atom stereocenters. The lowest BCUT2D eigenvalue weighted by molar-refractivity contribution is 0.602. The second-order valence-electron chi connectivity index (χ2n) is 5.35. The molecule has 8 heteroatoms. The van der Waals surface area contributed by atoms with E-state index in [0.717, 1.165) is 11.4 Å². The molecule has 0 bridgehead atoms. The van der Waals surface area contributed by atoms with Crippen LogP contribution in [0.2, 0.25) is 0 Å². The Balaban J connectivity index is 1.82. The zero-order valence-electron chi connectivity index (χ0n) is 11.9. The van der Waals surface area contributed by atoms with Crippen LogP contribution in [0.15, 0.2) is 18.5 Å². The van der Waals surface area contributed by atoms with Crippen molar-refractivity contribution in [3.8, 4) is 5.82 Å². The number of aryl methyl sites for hydroxylation is 2. The number of sulfone groups is 1. The number of aromatic nitrogens is 4. The average molecular weight is 307 g/mol. The van der Waals surface area contributed by atoms with Crippen LogP contribution in [0, 0.1) is 13.8 Å². The van der Waals surface area contributed by atoms with Crippen LogP contribution in [-0.4, -0.2) is 45.7 Å². The summed E-state index contributed by atoms with van der Waals surface area (Å²) >= 11 is 0. The van der Waals surface area contributed by atoms with Crippen molar-refractivity contribution in [3.63, 3.8) is 0 Å². The lowest BCUT2D eigenvalue weighted by Gasteiger charge is -2.12. The normalized spacial score (nSPS) is 20.6. The van der Waals surface area contributed by atoms with Crippen molar-refractivity contribution >= 4 is 15.7 Å². The van der Waals surface area contributed by atoms with E-state index in [2.05, 4.69) is 20.4 Å². The molecule has 1 aliphatic heterocycles. The van der Waals surface area contributed by atoms with Crippen LogP contribution < -0.4 is 5.32 Å². The van der Waals surface area contributed by atoms with Crippen molar-refractivity contribution in [2.24, 2.45) is 0 Å². The van der Waals surface area contributed by atoms with Gasteiger partial charge >= 0.3 is 0 Å². The lowest BCUT2D eigenvalue weighted by Crippen LogP contribution is -2.21. The van der Waals surface area contributed by atoms with Gasteiger partial charge in [0.05, 0.1) is 29.6 Å². The molecule has 112 valence electrons. The summed E-state index contributed by atoms with van der Waals surface area (Å²) in [6.45, 7) is 3.87. The van der Waals surface area contributed by atoms with Crippen LogP contribution in [0.1, 0.15) is 17.8 Å². The molecule has 1 fully saturated rings. The number of hydrogen-bond donors (Lipinski definition) is 1. The highest BCUT2D eigenvalue weighted by Crippen LogP contribution is 2.17. The van der Waals surface area contributed by atoms with Crippen LogP contribution in [-0.2, 0) is 9.84 Å². The lowest BCUT2D eigenvalue weighted by atomic mass is 10.3. The quantitative estimate of drug-likeness (QED) is 0.905. The number of nitrogens with zero attached hydrogens (tertiary/aromatic N) is 4. The molecular formula is C13H17N5O2S. The predicted molar refractivity (Wildman–Crippen MR) is 79.3 cm³/mol. The van der Waals surface area contributed by atoms with Gasteiger partial charge in [0.2, 0.25) is 0 Å². The summed E-state index contributed by atoms with van der Waals surface area (Å²) in [5.74, 6) is 1.57. The molecule has 1 aliphatic rings. The molecule has 0 aromatic carbocycles. The molecule has 2 aromatic heterocycles. The van der Waals surface area contributed by atoms with Crippen LogP contribution in [0.5, 0.6) is 0 Å². The first-order valence-electron chi connectivity index (χ1n) is 6.75. The van der Waals surface area contributed by atoms with Crippen molar-refractivity contribution in [2.45, 2.75) is 26.3 Å². The maximum absolute atomic E-state index is 11.5. The Kier molecular flexibility index (Phi) is 3.40. The minimum atomic E-state index is -2.91. The van der Waals surface area contributed by atoms with Gasteiger partial charge in [-0.2, -0.15) is 5.10 Å². The van der Waals surface area contributed by atoms with Crippen molar-refractivity contribution < 1.29 is 8.42 Å². The first-order chi connectivity index (χ1) is 9.93. The standard InChI is InChI=1S/C13H17N5O2S/c1-9-5-10(2)18(17-9)13-7-14-6-12(16-13)15-11-3-4-21(19,20)8-11/h5-7,11H,3-4,8H2,1-2H3,(H,15,16). The summed E-state index contributed by atoms with van der Waals surface area (Å²) < 4.78 is 24.7. The topological polar surface area (TPSA) is 89.8 Å². The minimum Gasteiger partial charge on any atom is -0.365 e. The van der Waals surface area contributed by atoms with E-state index in [1.165, 1.54) is 0 Å². The van der Waals surface area contributed by atoms with E-state index in [4.69, 9.17) is 0 Å². The monoisotopic (exact) mass is 307 g/mol. The minimum absolute atomic E-state index is 0.0972. The zero-order valence-corrected chi connectivity index (χ0v) is 12.8. The molecule has 1 N–H and O–H groups in total. The highest BCUT2D eigenvalue weighted by Gasteiger charge is 2.28. The van der Waals surface area contributed by atoms with E-state index in [0.29, 0.717) is 18.1 Å². The third-order valence-corrected chi connectivity index (χ3v) is 5.20. The first-order valence-corrected chi connectivity index (χ1v) is 8.58. The summed E-state index contributed by atoms with van der Waals surface area (Å²) in [5.41, 5.74) is 1.89. The molecule has 0 amide bonds. The molecule has 3 rings (SSSR count). The summed E-state index contributed by atoms with van der Waals surface area (Å²) in [5, 5.41) is 7.51. The fourth-order valence-corrected chi connectivity index (χ4v) is 4.18. The van der Waals surface area contributed by atoms with Crippen LogP contribution in [0.3, 0.4) is 0 Å². The van der Waals surface area contributed by atoms with Crippen LogP contribution >= 0.6 is 0 Å². The zero-order chi connectivity index (χ0) is 15.0. The van der Waals surface area contributed by atoms with Crippen molar-refractivity contribution in [1.29, 1.82) is 0 Å². The molecular weight excluding hydrogens is 290 g/mol. The highest BCUT2D eigenvalue weighted by molar-refractivity contribution is 7.91. The van der Waals surface area contributed by atoms with Gasteiger partial charge in [-0.3, -0.25) is 4.98 Å². The van der Waals surface area contributed by atoms with Gasteiger partial charge in [-0.15, -0.1) is 0 Å². The maximum Gasteiger partial charge on any atom is 0.174 e. The largest absolute Gasteiger partial charge is 0.365 e. The van der Waals surface area contributed by atoms with E-state index in [-0.39, 0.29) is 17.5 Å². The predicted octanol–water partition coefficient (Wildman–Crippen LogP) is 0.878. The molecule has 7 nitrogen and oxygen atoms in total. The molecule has 2 aromatic rings. The number of anilines is 1. The number of rotatable bonds is 3. The molecule has 0 saturated carbocycles. The van der Waals surface area contributed by atoms with E-state index in [1.807, 2.05) is 19.9 Å². The van der Waals surface area contributed by atoms with Crippen molar-refractivity contribution in [1.82, 2.24) is 19.7 Å². The average Bonchev–Trinajstić information content (AvgIpc) is 2.92. The van der Waals surface area contributed by atoms with Gasteiger partial charge in [0.25, 0.3) is 0 Å². The summed E-state index contributed by atoms with van der Waals surface area (Å²) in [6, 6.07) is 1.87. The van der Waals surface area contributed by atoms with E-state index >= 15 is 0 Å². The number of nitrogens with one attached hydrogen (secondary N) is 1. The Bertz CT molecular complexity index is 769. The number of hydrogen-bond acceptors (Lipinski definition) is 6.